The van der Waals surface area contributed by atoms with E-state index in [9.17, 15) is 4.79 Å². The molecule has 0 saturated carbocycles. The number of anilines is 2. The first-order valence-electron chi connectivity index (χ1n) is 11.4. The Labute approximate surface area is 201 Å². The van der Waals surface area contributed by atoms with E-state index in [2.05, 4.69) is 32.2 Å². The number of rotatable bonds is 8. The quantitative estimate of drug-likeness (QED) is 0.371. The molecule has 0 bridgehead atoms. The fraction of sp³-hybridized carbons (Fsp3) is 0.292. The van der Waals surface area contributed by atoms with Gasteiger partial charge in [-0.25, -0.2) is 14.3 Å². The monoisotopic (exact) mass is 474 g/mol. The lowest BCUT2D eigenvalue weighted by Crippen LogP contribution is -2.34. The van der Waals surface area contributed by atoms with Crippen LogP contribution < -0.4 is 25.7 Å². The highest BCUT2D eigenvalue weighted by Crippen LogP contribution is 2.22. The van der Waals surface area contributed by atoms with Crippen LogP contribution in [0.15, 0.2) is 60.3 Å². The van der Waals surface area contributed by atoms with Crippen LogP contribution in [-0.4, -0.2) is 55.6 Å². The van der Waals surface area contributed by atoms with Gasteiger partial charge in [-0.15, -0.1) is 6.58 Å². The Morgan fingerprint density at radius 1 is 1.23 bits per heavy atom. The smallest absolute Gasteiger partial charge is 0.278 e. The average molecular weight is 475 g/mol. The zero-order valence-corrected chi connectivity index (χ0v) is 19.3. The number of aromatic nitrogens is 6. The molecule has 5 heterocycles. The van der Waals surface area contributed by atoms with Crippen molar-refractivity contribution in [1.29, 1.82) is 0 Å². The molecule has 1 aliphatic heterocycles. The number of piperidine rings is 1. The van der Waals surface area contributed by atoms with E-state index in [1.807, 2.05) is 18.2 Å². The van der Waals surface area contributed by atoms with Crippen LogP contribution in [0, 0.1) is 0 Å². The van der Waals surface area contributed by atoms with Crippen molar-refractivity contribution in [2.75, 3.05) is 25.5 Å². The van der Waals surface area contributed by atoms with E-state index in [1.165, 1.54) is 10.9 Å². The van der Waals surface area contributed by atoms with Crippen molar-refractivity contribution in [2.24, 2.45) is 0 Å². The first kappa shape index (κ1) is 22.5. The van der Waals surface area contributed by atoms with Gasteiger partial charge in [0.1, 0.15) is 17.2 Å². The van der Waals surface area contributed by atoms with Gasteiger partial charge in [0.2, 0.25) is 11.8 Å². The van der Waals surface area contributed by atoms with Gasteiger partial charge in [0.25, 0.3) is 5.56 Å². The molecule has 0 aliphatic carbocycles. The Balaban J connectivity index is 1.56. The van der Waals surface area contributed by atoms with E-state index in [0.29, 0.717) is 40.1 Å². The lowest BCUT2D eigenvalue weighted by Gasteiger charge is -2.23. The van der Waals surface area contributed by atoms with E-state index < -0.39 is 0 Å². The summed E-state index contributed by atoms with van der Waals surface area (Å²) in [4.78, 5) is 31.0. The summed E-state index contributed by atoms with van der Waals surface area (Å²) in [5.74, 6) is 1.92. The van der Waals surface area contributed by atoms with E-state index >= 15 is 0 Å². The molecule has 0 atom stereocenters. The van der Waals surface area contributed by atoms with Crippen LogP contribution in [0.25, 0.3) is 16.9 Å². The predicted molar refractivity (Wildman–Crippen MR) is 132 cm³/mol. The second-order valence-corrected chi connectivity index (χ2v) is 8.06. The molecule has 0 aromatic carbocycles. The molecule has 11 heteroatoms. The van der Waals surface area contributed by atoms with Gasteiger partial charge in [0.05, 0.1) is 31.7 Å². The minimum Gasteiger partial charge on any atom is -0.495 e. The van der Waals surface area contributed by atoms with Crippen molar-refractivity contribution in [3.63, 3.8) is 0 Å². The highest BCUT2D eigenvalue weighted by Gasteiger charge is 2.20. The normalized spacial score (nSPS) is 14.1. The van der Waals surface area contributed by atoms with E-state index in [4.69, 9.17) is 14.5 Å². The molecule has 1 fully saturated rings. The molecule has 1 aliphatic rings. The van der Waals surface area contributed by atoms with Crippen molar-refractivity contribution in [2.45, 2.75) is 25.5 Å². The lowest BCUT2D eigenvalue weighted by molar-refractivity contribution is 0.156. The molecule has 4 aromatic heterocycles. The van der Waals surface area contributed by atoms with Gasteiger partial charge < -0.3 is 20.1 Å². The summed E-state index contributed by atoms with van der Waals surface area (Å²) in [7, 11) is 1.57. The maximum Gasteiger partial charge on any atom is 0.278 e. The highest BCUT2D eigenvalue weighted by molar-refractivity contribution is 5.77. The third-order valence-corrected chi connectivity index (χ3v) is 5.68. The molecule has 0 amide bonds. The van der Waals surface area contributed by atoms with Gasteiger partial charge >= 0.3 is 0 Å². The fourth-order valence-electron chi connectivity index (χ4n) is 4.01. The maximum atomic E-state index is 13.2. The number of nitrogens with zero attached hydrogens (tertiary/aromatic N) is 6. The van der Waals surface area contributed by atoms with E-state index in [1.54, 1.807) is 36.3 Å². The average Bonchev–Trinajstić information content (AvgIpc) is 3.16. The molecular formula is C24H26N8O3. The lowest BCUT2D eigenvalue weighted by atomic mass is 10.1. The van der Waals surface area contributed by atoms with Crippen molar-refractivity contribution in [3.8, 4) is 17.4 Å². The SMILES string of the molecule is C=CCn1c(=O)c2cnc(Nc3cncc(OC)c3)nc2n1-c1cccc(OC2CCNCC2)n1. The zero-order chi connectivity index (χ0) is 24.2. The van der Waals surface area contributed by atoms with Crippen LogP contribution in [0.5, 0.6) is 11.6 Å². The number of ether oxygens (including phenoxy) is 2. The zero-order valence-electron chi connectivity index (χ0n) is 19.3. The second-order valence-electron chi connectivity index (χ2n) is 8.06. The van der Waals surface area contributed by atoms with Crippen LogP contribution >= 0.6 is 0 Å². The fourth-order valence-corrected chi connectivity index (χ4v) is 4.01. The van der Waals surface area contributed by atoms with E-state index in [0.717, 1.165) is 25.9 Å². The standard InChI is InChI=1S/C24H26N8O3/c1-3-11-31-23(33)19-15-27-24(28-16-12-18(34-2)14-26-13-16)30-22(19)32(31)20-5-4-6-21(29-20)35-17-7-9-25-10-8-17/h3-6,12-15,17,25H,1,7-11H2,2H3,(H,27,28,30). The van der Waals surface area contributed by atoms with Crippen molar-refractivity contribution < 1.29 is 9.47 Å². The van der Waals surface area contributed by atoms with Gasteiger partial charge in [-0.05, 0) is 32.0 Å². The predicted octanol–water partition coefficient (Wildman–Crippen LogP) is 2.44. The minimum absolute atomic E-state index is 0.102. The van der Waals surface area contributed by atoms with Crippen LogP contribution in [-0.2, 0) is 6.54 Å². The Kier molecular flexibility index (Phi) is 6.40. The van der Waals surface area contributed by atoms with Crippen LogP contribution in [0.4, 0.5) is 11.6 Å². The van der Waals surface area contributed by atoms with E-state index in [-0.39, 0.29) is 18.2 Å². The number of pyridine rings is 2. The number of hydrogen-bond donors (Lipinski definition) is 2. The molecular weight excluding hydrogens is 448 g/mol. The summed E-state index contributed by atoms with van der Waals surface area (Å²) in [6.07, 6.45) is 8.33. The van der Waals surface area contributed by atoms with Crippen molar-refractivity contribution in [3.05, 3.63) is 65.9 Å². The topological polar surface area (TPSA) is 121 Å². The minimum atomic E-state index is -0.235. The Morgan fingerprint density at radius 3 is 2.89 bits per heavy atom. The summed E-state index contributed by atoms with van der Waals surface area (Å²) >= 11 is 0. The first-order valence-corrected chi connectivity index (χ1v) is 11.4. The van der Waals surface area contributed by atoms with Gasteiger partial charge in [-0.3, -0.25) is 9.78 Å². The van der Waals surface area contributed by atoms with Crippen molar-refractivity contribution >= 4 is 22.7 Å². The van der Waals surface area contributed by atoms with Gasteiger partial charge in [0, 0.05) is 18.3 Å². The summed E-state index contributed by atoms with van der Waals surface area (Å²) in [6, 6.07) is 7.27. The number of fused-ring (bicyclic) bond motifs is 1. The highest BCUT2D eigenvalue weighted by atomic mass is 16.5. The molecule has 180 valence electrons. The van der Waals surface area contributed by atoms with Crippen LogP contribution in [0.1, 0.15) is 12.8 Å². The Morgan fingerprint density at radius 2 is 2.09 bits per heavy atom. The molecule has 11 nitrogen and oxygen atoms in total. The molecule has 0 spiro atoms. The van der Waals surface area contributed by atoms with Crippen molar-refractivity contribution in [1.82, 2.24) is 34.6 Å². The summed E-state index contributed by atoms with van der Waals surface area (Å²) in [6.45, 7) is 5.91. The number of hydrogen-bond acceptors (Lipinski definition) is 9. The van der Waals surface area contributed by atoms with Gasteiger partial charge in [-0.1, -0.05) is 12.1 Å². The molecule has 35 heavy (non-hydrogen) atoms. The maximum absolute atomic E-state index is 13.2. The molecule has 5 rings (SSSR count). The van der Waals surface area contributed by atoms with Crippen LogP contribution in [0.2, 0.25) is 0 Å². The van der Waals surface area contributed by atoms with Crippen LogP contribution in [0.3, 0.4) is 0 Å². The number of nitrogens with one attached hydrogen (secondary N) is 2. The van der Waals surface area contributed by atoms with Gasteiger partial charge in [0.15, 0.2) is 11.5 Å². The van der Waals surface area contributed by atoms with Gasteiger partial charge in [-0.2, -0.15) is 9.97 Å². The molecule has 0 unspecified atom stereocenters. The summed E-state index contributed by atoms with van der Waals surface area (Å²) in [5.41, 5.74) is 0.830. The number of methoxy groups -OCH3 is 1. The first-order chi connectivity index (χ1) is 17.2. The molecule has 2 N–H and O–H groups in total. The molecule has 1 saturated heterocycles. The second kappa shape index (κ2) is 9.94. The third kappa shape index (κ3) is 4.71. The third-order valence-electron chi connectivity index (χ3n) is 5.68. The molecule has 0 radical (unpaired) electrons. The number of allylic oxidation sites excluding steroid dienone is 1. The largest absolute Gasteiger partial charge is 0.495 e. The Bertz CT molecular complexity index is 1410. The summed E-state index contributed by atoms with van der Waals surface area (Å²) in [5, 5.41) is 6.81. The Hall–Kier alpha value is -4.25. The summed E-state index contributed by atoms with van der Waals surface area (Å²) < 4.78 is 14.6. The molecule has 4 aromatic rings.